The highest BCUT2D eigenvalue weighted by atomic mass is 35.5. The Balaban J connectivity index is 1.82. The Morgan fingerprint density at radius 2 is 1.75 bits per heavy atom. The van der Waals surface area contributed by atoms with Crippen LogP contribution in [0.1, 0.15) is 17.2 Å². The second kappa shape index (κ2) is 5.82. The topological polar surface area (TPSA) is 9.23 Å². The van der Waals surface area contributed by atoms with Crippen molar-refractivity contribution in [3.05, 3.63) is 82.9 Å². The number of hydrogen-bond donors (Lipinski definition) is 0. The van der Waals surface area contributed by atoms with Crippen molar-refractivity contribution in [3.8, 4) is 0 Å². The Hall–Kier alpha value is -1.57. The minimum absolute atomic E-state index is 0.111. The van der Waals surface area contributed by atoms with E-state index in [0.717, 1.165) is 11.4 Å². The standard InChI is InChI=1S/C18H17ClO/c1-13-12-20-18(15-5-3-2-4-6-15)17(13)11-14-7-9-16(19)10-8-14/h2-10,17-18H,1,11-12H2/t17-,18+/m1/s1. The number of halogens is 1. The van der Waals surface area contributed by atoms with Crippen LogP contribution in [0.2, 0.25) is 5.02 Å². The highest BCUT2D eigenvalue weighted by molar-refractivity contribution is 6.30. The quantitative estimate of drug-likeness (QED) is 0.734. The molecule has 0 amide bonds. The maximum Gasteiger partial charge on any atom is 0.0898 e. The third-order valence-electron chi connectivity index (χ3n) is 3.84. The van der Waals surface area contributed by atoms with E-state index in [2.05, 4.69) is 43.0 Å². The largest absolute Gasteiger partial charge is 0.369 e. The van der Waals surface area contributed by atoms with E-state index in [1.807, 2.05) is 18.2 Å². The molecule has 2 aromatic carbocycles. The van der Waals surface area contributed by atoms with Gasteiger partial charge in [-0.05, 0) is 35.3 Å². The Morgan fingerprint density at radius 1 is 1.05 bits per heavy atom. The zero-order chi connectivity index (χ0) is 13.9. The van der Waals surface area contributed by atoms with E-state index >= 15 is 0 Å². The number of hydrogen-bond acceptors (Lipinski definition) is 1. The maximum absolute atomic E-state index is 5.94. The van der Waals surface area contributed by atoms with Crippen molar-refractivity contribution >= 4 is 11.6 Å². The molecule has 20 heavy (non-hydrogen) atoms. The molecule has 2 heteroatoms. The molecule has 0 spiro atoms. The number of ether oxygens (including phenoxy) is 1. The molecule has 3 rings (SSSR count). The van der Waals surface area contributed by atoms with Crippen molar-refractivity contribution in [1.29, 1.82) is 0 Å². The van der Waals surface area contributed by atoms with Crippen LogP contribution in [0.3, 0.4) is 0 Å². The second-order valence-electron chi connectivity index (χ2n) is 5.24. The molecule has 0 unspecified atom stereocenters. The van der Waals surface area contributed by atoms with Crippen LogP contribution >= 0.6 is 11.6 Å². The molecule has 0 aromatic heterocycles. The zero-order valence-corrected chi connectivity index (χ0v) is 12.0. The second-order valence-corrected chi connectivity index (χ2v) is 5.67. The molecule has 0 aliphatic carbocycles. The van der Waals surface area contributed by atoms with E-state index < -0.39 is 0 Å². The molecule has 1 saturated heterocycles. The van der Waals surface area contributed by atoms with E-state index in [9.17, 15) is 0 Å². The van der Waals surface area contributed by atoms with E-state index in [-0.39, 0.29) is 6.10 Å². The summed E-state index contributed by atoms with van der Waals surface area (Å²) in [6.07, 6.45) is 1.05. The van der Waals surface area contributed by atoms with Crippen LogP contribution in [0.5, 0.6) is 0 Å². The first-order chi connectivity index (χ1) is 9.74. The van der Waals surface area contributed by atoms with Crippen molar-refractivity contribution in [2.75, 3.05) is 6.61 Å². The predicted molar refractivity (Wildman–Crippen MR) is 82.9 cm³/mol. The molecule has 0 radical (unpaired) electrons. The summed E-state index contributed by atoms with van der Waals surface area (Å²) in [4.78, 5) is 0. The van der Waals surface area contributed by atoms with Crippen LogP contribution < -0.4 is 0 Å². The molecule has 2 aromatic rings. The van der Waals surface area contributed by atoms with E-state index in [4.69, 9.17) is 16.3 Å². The van der Waals surface area contributed by atoms with Crippen LogP contribution in [-0.2, 0) is 11.2 Å². The van der Waals surface area contributed by atoms with Crippen LogP contribution in [0.25, 0.3) is 0 Å². The fourth-order valence-corrected chi connectivity index (χ4v) is 2.86. The van der Waals surface area contributed by atoms with Gasteiger partial charge in [0.15, 0.2) is 0 Å². The minimum Gasteiger partial charge on any atom is -0.369 e. The summed E-state index contributed by atoms with van der Waals surface area (Å²) in [6, 6.07) is 18.4. The molecule has 102 valence electrons. The number of rotatable bonds is 3. The van der Waals surface area contributed by atoms with Crippen LogP contribution in [0.4, 0.5) is 0 Å². The van der Waals surface area contributed by atoms with Gasteiger partial charge in [-0.3, -0.25) is 0 Å². The molecular weight excluding hydrogens is 268 g/mol. The molecule has 1 nitrogen and oxygen atoms in total. The Labute approximate surface area is 124 Å². The molecule has 1 aliphatic heterocycles. The summed E-state index contributed by atoms with van der Waals surface area (Å²) in [5, 5.41) is 0.773. The van der Waals surface area contributed by atoms with Gasteiger partial charge in [-0.25, -0.2) is 0 Å². The highest BCUT2D eigenvalue weighted by Crippen LogP contribution is 2.39. The summed E-state index contributed by atoms with van der Waals surface area (Å²) in [7, 11) is 0. The van der Waals surface area contributed by atoms with Gasteiger partial charge in [-0.2, -0.15) is 0 Å². The summed E-state index contributed by atoms with van der Waals surface area (Å²) in [6.45, 7) is 4.82. The summed E-state index contributed by atoms with van der Waals surface area (Å²) in [5.74, 6) is 0.332. The average Bonchev–Trinajstić information content (AvgIpc) is 2.84. The molecule has 0 N–H and O–H groups in total. The van der Waals surface area contributed by atoms with Crippen molar-refractivity contribution < 1.29 is 4.74 Å². The maximum atomic E-state index is 5.94. The summed E-state index contributed by atoms with van der Waals surface area (Å²) in [5.41, 5.74) is 3.67. The van der Waals surface area contributed by atoms with Crippen molar-refractivity contribution in [2.45, 2.75) is 12.5 Å². The first kappa shape index (κ1) is 13.4. The van der Waals surface area contributed by atoms with Crippen molar-refractivity contribution in [2.24, 2.45) is 5.92 Å². The van der Waals surface area contributed by atoms with Crippen LogP contribution in [0, 0.1) is 5.92 Å². The van der Waals surface area contributed by atoms with Gasteiger partial charge < -0.3 is 4.74 Å². The molecule has 0 bridgehead atoms. The van der Waals surface area contributed by atoms with Crippen LogP contribution in [0.15, 0.2) is 66.7 Å². The third kappa shape index (κ3) is 2.79. The van der Waals surface area contributed by atoms with Gasteiger partial charge >= 0.3 is 0 Å². The molecule has 0 saturated carbocycles. The Morgan fingerprint density at radius 3 is 2.45 bits per heavy atom. The van der Waals surface area contributed by atoms with Crippen molar-refractivity contribution in [3.63, 3.8) is 0 Å². The normalized spacial score (nSPS) is 22.1. The van der Waals surface area contributed by atoms with Gasteiger partial charge in [0.05, 0.1) is 12.7 Å². The zero-order valence-electron chi connectivity index (χ0n) is 11.3. The Kier molecular flexibility index (Phi) is 3.90. The van der Waals surface area contributed by atoms with Gasteiger partial charge in [0, 0.05) is 10.9 Å². The summed E-state index contributed by atoms with van der Waals surface area (Å²) >= 11 is 5.94. The van der Waals surface area contributed by atoms with E-state index in [0.29, 0.717) is 12.5 Å². The molecule has 2 atom stereocenters. The monoisotopic (exact) mass is 284 g/mol. The molecule has 1 aliphatic rings. The fourth-order valence-electron chi connectivity index (χ4n) is 2.73. The molecule has 1 fully saturated rings. The van der Waals surface area contributed by atoms with Gasteiger partial charge in [0.2, 0.25) is 0 Å². The lowest BCUT2D eigenvalue weighted by molar-refractivity contribution is 0.0911. The third-order valence-corrected chi connectivity index (χ3v) is 4.09. The van der Waals surface area contributed by atoms with Gasteiger partial charge in [0.25, 0.3) is 0 Å². The van der Waals surface area contributed by atoms with Gasteiger partial charge in [0.1, 0.15) is 0 Å². The highest BCUT2D eigenvalue weighted by Gasteiger charge is 2.32. The predicted octanol–water partition coefficient (Wildman–Crippen LogP) is 4.83. The lowest BCUT2D eigenvalue weighted by atomic mass is 9.87. The lowest BCUT2D eigenvalue weighted by Gasteiger charge is -2.19. The van der Waals surface area contributed by atoms with Crippen LogP contribution in [-0.4, -0.2) is 6.61 Å². The minimum atomic E-state index is 0.111. The van der Waals surface area contributed by atoms with E-state index in [1.54, 1.807) is 0 Å². The smallest absolute Gasteiger partial charge is 0.0898 e. The average molecular weight is 285 g/mol. The van der Waals surface area contributed by atoms with E-state index in [1.165, 1.54) is 16.7 Å². The first-order valence-corrected chi connectivity index (χ1v) is 7.20. The fraction of sp³-hybridized carbons (Fsp3) is 0.222. The summed E-state index contributed by atoms with van der Waals surface area (Å²) < 4.78 is 5.93. The SMILES string of the molecule is C=C1CO[C@@H](c2ccccc2)[C@@H]1Cc1ccc(Cl)cc1. The first-order valence-electron chi connectivity index (χ1n) is 6.83. The molecule has 1 heterocycles. The van der Waals surface area contributed by atoms with Crippen molar-refractivity contribution in [1.82, 2.24) is 0 Å². The number of benzene rings is 2. The van der Waals surface area contributed by atoms with Gasteiger partial charge in [-0.1, -0.05) is 60.6 Å². The molecular formula is C18H17ClO. The van der Waals surface area contributed by atoms with Gasteiger partial charge in [-0.15, -0.1) is 0 Å². The lowest BCUT2D eigenvalue weighted by Crippen LogP contribution is -2.11. The Bertz CT molecular complexity index is 589.